The SMILES string of the molecule is Cc1cc(F)ccc1S(=O)(=O)N1CCN(c2cc(N3CCN(C)CC3)ncn2)CC1. The zero-order valence-corrected chi connectivity index (χ0v) is 18.1. The molecule has 0 spiro atoms. The van der Waals surface area contributed by atoms with Gasteiger partial charge in [0, 0.05) is 58.4 Å². The lowest BCUT2D eigenvalue weighted by Crippen LogP contribution is -2.49. The Kier molecular flexibility index (Phi) is 5.90. The predicted octanol–water partition coefficient (Wildman–Crippen LogP) is 1.19. The average Bonchev–Trinajstić information content (AvgIpc) is 2.74. The first kappa shape index (κ1) is 21.0. The van der Waals surface area contributed by atoms with Crippen LogP contribution in [-0.4, -0.2) is 87.0 Å². The van der Waals surface area contributed by atoms with E-state index in [0.717, 1.165) is 37.8 Å². The maximum absolute atomic E-state index is 13.4. The summed E-state index contributed by atoms with van der Waals surface area (Å²) in [5.74, 6) is 1.29. The third kappa shape index (κ3) is 4.26. The summed E-state index contributed by atoms with van der Waals surface area (Å²) < 4.78 is 40.8. The molecule has 0 radical (unpaired) electrons. The second-order valence-electron chi connectivity index (χ2n) is 7.83. The van der Waals surface area contributed by atoms with Gasteiger partial charge in [-0.05, 0) is 37.7 Å². The molecule has 0 amide bonds. The summed E-state index contributed by atoms with van der Waals surface area (Å²) in [6.45, 7) is 7.26. The monoisotopic (exact) mass is 434 g/mol. The largest absolute Gasteiger partial charge is 0.354 e. The van der Waals surface area contributed by atoms with Crippen molar-refractivity contribution in [3.63, 3.8) is 0 Å². The van der Waals surface area contributed by atoms with Crippen LogP contribution in [0.1, 0.15) is 5.56 Å². The Bertz CT molecular complexity index is 1000. The summed E-state index contributed by atoms with van der Waals surface area (Å²) in [6.07, 6.45) is 1.58. The Balaban J connectivity index is 1.44. The standard InChI is InChI=1S/C20H27FN6O2S/c1-16-13-17(21)3-4-18(16)30(28,29)27-11-9-26(10-12-27)20-14-19(22-15-23-20)25-7-5-24(2)6-8-25/h3-4,13-15H,5-12H2,1-2H3. The van der Waals surface area contributed by atoms with E-state index in [1.807, 2.05) is 6.07 Å². The molecule has 1 aromatic heterocycles. The van der Waals surface area contributed by atoms with Gasteiger partial charge >= 0.3 is 0 Å². The lowest BCUT2D eigenvalue weighted by atomic mass is 10.2. The van der Waals surface area contributed by atoms with Crippen LogP contribution < -0.4 is 9.80 Å². The number of likely N-dealkylation sites (N-methyl/N-ethyl adjacent to an activating group) is 1. The van der Waals surface area contributed by atoms with Gasteiger partial charge in [-0.1, -0.05) is 0 Å². The number of hydrogen-bond acceptors (Lipinski definition) is 7. The molecule has 30 heavy (non-hydrogen) atoms. The summed E-state index contributed by atoms with van der Waals surface area (Å²) in [6, 6.07) is 5.78. The number of aryl methyl sites for hydroxylation is 1. The molecule has 2 aliphatic heterocycles. The molecule has 2 fully saturated rings. The van der Waals surface area contributed by atoms with Crippen LogP contribution >= 0.6 is 0 Å². The molecule has 162 valence electrons. The minimum Gasteiger partial charge on any atom is -0.354 e. The van der Waals surface area contributed by atoms with Gasteiger partial charge in [0.25, 0.3) is 0 Å². The quantitative estimate of drug-likeness (QED) is 0.716. The molecular weight excluding hydrogens is 407 g/mol. The number of anilines is 2. The van der Waals surface area contributed by atoms with Crippen molar-refractivity contribution in [2.24, 2.45) is 0 Å². The molecule has 2 aromatic rings. The third-order valence-electron chi connectivity index (χ3n) is 5.78. The molecule has 0 bridgehead atoms. The number of sulfonamides is 1. The van der Waals surface area contributed by atoms with E-state index in [0.29, 0.717) is 31.7 Å². The van der Waals surface area contributed by atoms with E-state index in [4.69, 9.17) is 0 Å². The van der Waals surface area contributed by atoms with Crippen LogP contribution in [0.4, 0.5) is 16.0 Å². The average molecular weight is 435 g/mol. The molecule has 0 saturated carbocycles. The zero-order valence-electron chi connectivity index (χ0n) is 17.3. The van der Waals surface area contributed by atoms with Gasteiger partial charge in [0.15, 0.2) is 0 Å². The van der Waals surface area contributed by atoms with Gasteiger partial charge in [-0.3, -0.25) is 0 Å². The summed E-state index contributed by atoms with van der Waals surface area (Å²) in [4.78, 5) is 15.6. The van der Waals surface area contributed by atoms with Gasteiger partial charge in [-0.25, -0.2) is 22.8 Å². The minimum atomic E-state index is -3.65. The Labute approximate surface area is 177 Å². The maximum Gasteiger partial charge on any atom is 0.243 e. The highest BCUT2D eigenvalue weighted by atomic mass is 32.2. The fourth-order valence-corrected chi connectivity index (χ4v) is 5.55. The number of halogens is 1. The van der Waals surface area contributed by atoms with Crippen LogP contribution in [0.3, 0.4) is 0 Å². The van der Waals surface area contributed by atoms with Crippen molar-refractivity contribution in [3.05, 3.63) is 42.0 Å². The second kappa shape index (κ2) is 8.44. The van der Waals surface area contributed by atoms with E-state index >= 15 is 0 Å². The van der Waals surface area contributed by atoms with Crippen LogP contribution in [0.2, 0.25) is 0 Å². The van der Waals surface area contributed by atoms with Gasteiger partial charge in [0.1, 0.15) is 23.8 Å². The fourth-order valence-electron chi connectivity index (χ4n) is 3.92. The van der Waals surface area contributed by atoms with Crippen LogP contribution in [0.25, 0.3) is 0 Å². The van der Waals surface area contributed by atoms with Gasteiger partial charge in [0.2, 0.25) is 10.0 Å². The Morgan fingerprint density at radius 2 is 1.43 bits per heavy atom. The zero-order chi connectivity index (χ0) is 21.3. The van der Waals surface area contributed by atoms with Crippen LogP contribution in [0, 0.1) is 12.7 Å². The normalized spacial score (nSPS) is 19.3. The molecule has 2 aliphatic rings. The molecule has 0 atom stereocenters. The first-order valence-corrected chi connectivity index (χ1v) is 11.6. The van der Waals surface area contributed by atoms with Crippen molar-refractivity contribution in [1.29, 1.82) is 0 Å². The molecular formula is C20H27FN6O2S. The van der Waals surface area contributed by atoms with E-state index in [2.05, 4.69) is 31.7 Å². The Hall–Kier alpha value is -2.30. The molecule has 0 unspecified atom stereocenters. The van der Waals surface area contributed by atoms with Crippen LogP contribution in [0.5, 0.6) is 0 Å². The first-order chi connectivity index (χ1) is 14.3. The van der Waals surface area contributed by atoms with Gasteiger partial charge in [-0.2, -0.15) is 4.31 Å². The third-order valence-corrected chi connectivity index (χ3v) is 7.84. The number of piperazine rings is 2. The topological polar surface area (TPSA) is 72.9 Å². The Morgan fingerprint density at radius 1 is 0.867 bits per heavy atom. The molecule has 0 N–H and O–H groups in total. The molecule has 2 saturated heterocycles. The van der Waals surface area contributed by atoms with Crippen molar-refractivity contribution in [1.82, 2.24) is 19.2 Å². The summed E-state index contributed by atoms with van der Waals surface area (Å²) in [7, 11) is -1.54. The number of rotatable bonds is 4. The van der Waals surface area contributed by atoms with Crippen LogP contribution in [-0.2, 0) is 10.0 Å². The molecule has 3 heterocycles. The van der Waals surface area contributed by atoms with Crippen molar-refractivity contribution in [2.45, 2.75) is 11.8 Å². The van der Waals surface area contributed by atoms with E-state index < -0.39 is 15.8 Å². The highest BCUT2D eigenvalue weighted by Gasteiger charge is 2.30. The highest BCUT2D eigenvalue weighted by molar-refractivity contribution is 7.89. The predicted molar refractivity (Wildman–Crippen MR) is 114 cm³/mol. The van der Waals surface area contributed by atoms with E-state index in [-0.39, 0.29) is 4.90 Å². The van der Waals surface area contributed by atoms with Crippen LogP contribution in [0.15, 0.2) is 35.5 Å². The molecule has 0 aliphatic carbocycles. The van der Waals surface area contributed by atoms with Crippen molar-refractivity contribution < 1.29 is 12.8 Å². The van der Waals surface area contributed by atoms with Crippen molar-refractivity contribution in [3.8, 4) is 0 Å². The molecule has 4 rings (SSSR count). The van der Waals surface area contributed by atoms with E-state index in [1.165, 1.54) is 22.5 Å². The fraction of sp³-hybridized carbons (Fsp3) is 0.500. The number of hydrogen-bond donors (Lipinski definition) is 0. The van der Waals surface area contributed by atoms with Gasteiger partial charge in [-0.15, -0.1) is 0 Å². The number of benzene rings is 1. The summed E-state index contributed by atoms with van der Waals surface area (Å²) in [5, 5.41) is 0. The smallest absolute Gasteiger partial charge is 0.243 e. The number of aromatic nitrogens is 2. The van der Waals surface area contributed by atoms with E-state index in [1.54, 1.807) is 13.3 Å². The van der Waals surface area contributed by atoms with Crippen molar-refractivity contribution in [2.75, 3.05) is 69.2 Å². The van der Waals surface area contributed by atoms with E-state index in [9.17, 15) is 12.8 Å². The first-order valence-electron chi connectivity index (χ1n) is 10.1. The number of nitrogens with zero attached hydrogens (tertiary/aromatic N) is 6. The lowest BCUT2D eigenvalue weighted by molar-refractivity contribution is 0.312. The van der Waals surface area contributed by atoms with Crippen molar-refractivity contribution >= 4 is 21.7 Å². The Morgan fingerprint density at radius 3 is 2.00 bits per heavy atom. The maximum atomic E-state index is 13.4. The van der Waals surface area contributed by atoms with Gasteiger partial charge in [0.05, 0.1) is 4.90 Å². The highest BCUT2D eigenvalue weighted by Crippen LogP contribution is 2.24. The lowest BCUT2D eigenvalue weighted by Gasteiger charge is -2.36. The molecule has 1 aromatic carbocycles. The molecule has 8 nitrogen and oxygen atoms in total. The minimum absolute atomic E-state index is 0.164. The second-order valence-corrected chi connectivity index (χ2v) is 9.73. The summed E-state index contributed by atoms with van der Waals surface area (Å²) >= 11 is 0. The molecule has 10 heteroatoms. The summed E-state index contributed by atoms with van der Waals surface area (Å²) in [5.41, 5.74) is 0.421. The van der Waals surface area contributed by atoms with Gasteiger partial charge < -0.3 is 14.7 Å².